The highest BCUT2D eigenvalue weighted by molar-refractivity contribution is 6.04. The van der Waals surface area contributed by atoms with Gasteiger partial charge in [-0.25, -0.2) is 0 Å². The molecule has 0 aromatic heterocycles. The summed E-state index contributed by atoms with van der Waals surface area (Å²) in [7, 11) is 1.65. The number of carbonyl (C=O) groups excluding carboxylic acids is 1. The molecule has 1 aliphatic carbocycles. The maximum atomic E-state index is 12.8. The summed E-state index contributed by atoms with van der Waals surface area (Å²) in [6, 6.07) is 15.9. The summed E-state index contributed by atoms with van der Waals surface area (Å²) in [5.41, 5.74) is 5.37. The Morgan fingerprint density at radius 3 is 2.36 bits per heavy atom. The highest BCUT2D eigenvalue weighted by Crippen LogP contribution is 2.40. The molecule has 2 aliphatic rings. The molecular formula is C21H20N2O2. The molecule has 2 aromatic carbocycles. The summed E-state index contributed by atoms with van der Waals surface area (Å²) in [6.45, 7) is 4.08. The van der Waals surface area contributed by atoms with Crippen molar-refractivity contribution < 1.29 is 9.53 Å². The van der Waals surface area contributed by atoms with Gasteiger partial charge in [0.15, 0.2) is 5.78 Å². The molecule has 4 rings (SSSR count). The molecule has 0 spiro atoms. The van der Waals surface area contributed by atoms with Crippen molar-refractivity contribution in [3.63, 3.8) is 0 Å². The van der Waals surface area contributed by atoms with Gasteiger partial charge in [0.2, 0.25) is 0 Å². The molecule has 0 amide bonds. The third-order valence-electron chi connectivity index (χ3n) is 4.85. The van der Waals surface area contributed by atoms with Gasteiger partial charge < -0.3 is 15.4 Å². The van der Waals surface area contributed by atoms with E-state index in [1.54, 1.807) is 7.11 Å². The zero-order valence-corrected chi connectivity index (χ0v) is 14.1. The van der Waals surface area contributed by atoms with Crippen molar-refractivity contribution in [1.29, 1.82) is 0 Å². The predicted octanol–water partition coefficient (Wildman–Crippen LogP) is 4.45. The molecule has 0 fully saturated rings. The van der Waals surface area contributed by atoms with E-state index in [9.17, 15) is 4.79 Å². The van der Waals surface area contributed by atoms with Crippen LogP contribution in [0.5, 0.6) is 5.75 Å². The summed E-state index contributed by atoms with van der Waals surface area (Å²) in [6.07, 6.45) is 1.27. The van der Waals surface area contributed by atoms with Crippen molar-refractivity contribution in [2.45, 2.75) is 18.8 Å². The fourth-order valence-corrected chi connectivity index (χ4v) is 3.58. The average Bonchev–Trinajstić information content (AvgIpc) is 2.77. The molecule has 0 unspecified atom stereocenters. The number of ketones is 1. The van der Waals surface area contributed by atoms with Gasteiger partial charge in [-0.2, -0.15) is 0 Å². The van der Waals surface area contributed by atoms with Crippen LogP contribution in [-0.4, -0.2) is 12.9 Å². The first-order valence-electron chi connectivity index (χ1n) is 8.38. The molecule has 4 nitrogen and oxygen atoms in total. The number of anilines is 2. The lowest BCUT2D eigenvalue weighted by molar-refractivity contribution is -0.116. The van der Waals surface area contributed by atoms with Crippen LogP contribution < -0.4 is 15.4 Å². The molecule has 126 valence electrons. The number of hydrogen-bond donors (Lipinski definition) is 2. The van der Waals surface area contributed by atoms with E-state index >= 15 is 0 Å². The lowest BCUT2D eigenvalue weighted by Crippen LogP contribution is -2.23. The van der Waals surface area contributed by atoms with Crippen LogP contribution in [0.3, 0.4) is 0 Å². The van der Waals surface area contributed by atoms with Gasteiger partial charge in [0, 0.05) is 17.8 Å². The number of hydrogen-bond acceptors (Lipinski definition) is 4. The number of carbonyl (C=O) groups is 1. The standard InChI is InChI=1S/C21H20N2O2/c1-13-21-19(23-18-6-4-3-5-17(18)22-13)11-15(12-20(21)24)14-7-9-16(25-2)10-8-14/h3-10,15,22-23H,1,11-12H2,2H3/t15-/m1/s1. The molecule has 1 heterocycles. The number of ether oxygens (including phenoxy) is 1. The Bertz CT molecular complexity index is 881. The van der Waals surface area contributed by atoms with Crippen molar-refractivity contribution >= 4 is 17.2 Å². The topological polar surface area (TPSA) is 50.4 Å². The molecule has 1 aliphatic heterocycles. The Morgan fingerprint density at radius 2 is 1.68 bits per heavy atom. The molecule has 2 N–H and O–H groups in total. The van der Waals surface area contributed by atoms with Gasteiger partial charge in [-0.05, 0) is 42.2 Å². The number of methoxy groups -OCH3 is 1. The summed E-state index contributed by atoms with van der Waals surface area (Å²) < 4.78 is 5.22. The SMILES string of the molecule is C=C1Nc2ccccc2NC2=C1C(=O)C[C@H](c1ccc(OC)cc1)C2. The summed E-state index contributed by atoms with van der Waals surface area (Å²) in [5, 5.41) is 6.72. The van der Waals surface area contributed by atoms with Crippen LogP contribution >= 0.6 is 0 Å². The van der Waals surface area contributed by atoms with Gasteiger partial charge in [-0.15, -0.1) is 0 Å². The maximum absolute atomic E-state index is 12.8. The Balaban J connectivity index is 1.68. The van der Waals surface area contributed by atoms with Crippen LogP contribution in [-0.2, 0) is 4.79 Å². The summed E-state index contributed by atoms with van der Waals surface area (Å²) >= 11 is 0. The Kier molecular flexibility index (Phi) is 3.80. The maximum Gasteiger partial charge on any atom is 0.167 e. The fraction of sp³-hybridized carbons (Fsp3) is 0.190. The number of nitrogens with one attached hydrogen (secondary N) is 2. The number of fused-ring (bicyclic) bond motifs is 1. The molecule has 2 aromatic rings. The lowest BCUT2D eigenvalue weighted by atomic mass is 9.81. The Labute approximate surface area is 147 Å². The van der Waals surface area contributed by atoms with E-state index in [0.29, 0.717) is 17.7 Å². The minimum Gasteiger partial charge on any atom is -0.497 e. The zero-order valence-electron chi connectivity index (χ0n) is 14.1. The van der Waals surface area contributed by atoms with Crippen molar-refractivity contribution in [3.8, 4) is 5.75 Å². The molecule has 1 atom stereocenters. The molecule has 0 saturated carbocycles. The van der Waals surface area contributed by atoms with Crippen LogP contribution in [0.2, 0.25) is 0 Å². The van der Waals surface area contributed by atoms with Crippen molar-refractivity contribution in [2.24, 2.45) is 0 Å². The average molecular weight is 332 g/mol. The smallest absolute Gasteiger partial charge is 0.167 e. The van der Waals surface area contributed by atoms with E-state index in [0.717, 1.165) is 34.8 Å². The van der Waals surface area contributed by atoms with Gasteiger partial charge >= 0.3 is 0 Å². The van der Waals surface area contributed by atoms with Gasteiger partial charge in [0.1, 0.15) is 5.75 Å². The largest absolute Gasteiger partial charge is 0.497 e. The quantitative estimate of drug-likeness (QED) is 0.853. The highest BCUT2D eigenvalue weighted by atomic mass is 16.5. The second-order valence-electron chi connectivity index (χ2n) is 6.43. The first-order chi connectivity index (χ1) is 12.2. The zero-order chi connectivity index (χ0) is 17.4. The molecule has 0 bridgehead atoms. The second-order valence-corrected chi connectivity index (χ2v) is 6.43. The Hall–Kier alpha value is -3.01. The van der Waals surface area contributed by atoms with E-state index in [4.69, 9.17) is 4.74 Å². The van der Waals surface area contributed by atoms with Gasteiger partial charge in [0.05, 0.1) is 24.1 Å². The number of rotatable bonds is 2. The van der Waals surface area contributed by atoms with Crippen LogP contribution in [0.4, 0.5) is 11.4 Å². The predicted molar refractivity (Wildman–Crippen MR) is 99.8 cm³/mol. The molecule has 25 heavy (non-hydrogen) atoms. The van der Waals surface area contributed by atoms with E-state index in [1.165, 1.54) is 0 Å². The van der Waals surface area contributed by atoms with Crippen LogP contribution in [0, 0.1) is 0 Å². The normalized spacial score (nSPS) is 19.3. The first kappa shape index (κ1) is 15.5. The van der Waals surface area contributed by atoms with E-state index in [2.05, 4.69) is 17.2 Å². The summed E-state index contributed by atoms with van der Waals surface area (Å²) in [4.78, 5) is 12.8. The second kappa shape index (κ2) is 6.13. The molecule has 4 heteroatoms. The van der Waals surface area contributed by atoms with Crippen LogP contribution in [0.15, 0.2) is 72.1 Å². The van der Waals surface area contributed by atoms with Gasteiger partial charge in [0.25, 0.3) is 0 Å². The van der Waals surface area contributed by atoms with E-state index < -0.39 is 0 Å². The van der Waals surface area contributed by atoms with Gasteiger partial charge in [-0.1, -0.05) is 30.8 Å². The molecule has 0 radical (unpaired) electrons. The van der Waals surface area contributed by atoms with Crippen molar-refractivity contribution in [3.05, 3.63) is 77.6 Å². The minimum absolute atomic E-state index is 0.125. The van der Waals surface area contributed by atoms with E-state index in [1.807, 2.05) is 48.5 Å². The lowest BCUT2D eigenvalue weighted by Gasteiger charge is -2.26. The van der Waals surface area contributed by atoms with Crippen molar-refractivity contribution in [2.75, 3.05) is 17.7 Å². The monoisotopic (exact) mass is 332 g/mol. The number of benzene rings is 2. The molecular weight excluding hydrogens is 312 g/mol. The van der Waals surface area contributed by atoms with Crippen molar-refractivity contribution in [1.82, 2.24) is 0 Å². The Morgan fingerprint density at radius 1 is 1.00 bits per heavy atom. The van der Waals surface area contributed by atoms with Crippen LogP contribution in [0.25, 0.3) is 0 Å². The van der Waals surface area contributed by atoms with E-state index in [-0.39, 0.29) is 11.7 Å². The minimum atomic E-state index is 0.125. The third-order valence-corrected chi connectivity index (χ3v) is 4.85. The summed E-state index contributed by atoms with van der Waals surface area (Å²) in [5.74, 6) is 1.10. The fourth-order valence-electron chi connectivity index (χ4n) is 3.58. The molecule has 0 saturated heterocycles. The van der Waals surface area contributed by atoms with Gasteiger partial charge in [-0.3, -0.25) is 4.79 Å². The number of para-hydroxylation sites is 2. The number of Topliss-reactive ketones (excluding diaryl/α,β-unsaturated/α-hetero) is 1. The third kappa shape index (κ3) is 2.80. The number of allylic oxidation sites excluding steroid dienone is 2. The highest BCUT2D eigenvalue weighted by Gasteiger charge is 2.32. The van der Waals surface area contributed by atoms with Crippen LogP contribution in [0.1, 0.15) is 24.3 Å². The first-order valence-corrected chi connectivity index (χ1v) is 8.38.